The molecule has 0 aliphatic rings. The fourth-order valence-corrected chi connectivity index (χ4v) is 9.20. The van der Waals surface area contributed by atoms with E-state index in [1.165, 1.54) is 238 Å². The Balaban J connectivity index is 3.42. The maximum absolute atomic E-state index is 12.5. The minimum absolute atomic E-state index is 0.00764. The predicted octanol–water partition coefficient (Wildman–Crippen LogP) is 18.2. The topological polar surface area (TPSA) is 95.9 Å². The van der Waals surface area contributed by atoms with Crippen molar-refractivity contribution in [3.05, 3.63) is 24.3 Å². The first-order valence-electron chi connectivity index (χ1n) is 29.6. The van der Waals surface area contributed by atoms with Gasteiger partial charge in [-0.3, -0.25) is 9.59 Å². The van der Waals surface area contributed by atoms with Crippen LogP contribution in [0, 0.1) is 0 Å². The molecule has 0 rings (SSSR count). The van der Waals surface area contributed by atoms with Crippen molar-refractivity contribution in [3.8, 4) is 0 Å². The van der Waals surface area contributed by atoms with E-state index in [-0.39, 0.29) is 18.5 Å². The number of nitrogens with one attached hydrogen (secondary N) is 1. The molecule has 0 bridgehead atoms. The Bertz CT molecular complexity index is 1030. The first kappa shape index (κ1) is 64.3. The molecule has 66 heavy (non-hydrogen) atoms. The zero-order valence-electron chi connectivity index (χ0n) is 44.4. The highest BCUT2D eigenvalue weighted by atomic mass is 16.5. The largest absolute Gasteiger partial charge is 0.466 e. The van der Waals surface area contributed by atoms with Crippen LogP contribution in [0.3, 0.4) is 0 Å². The molecule has 0 aromatic rings. The third kappa shape index (κ3) is 51.7. The summed E-state index contributed by atoms with van der Waals surface area (Å²) in [6.07, 6.45) is 67.3. The second-order valence-corrected chi connectivity index (χ2v) is 20.3. The van der Waals surface area contributed by atoms with Gasteiger partial charge in [0.15, 0.2) is 0 Å². The number of rotatable bonds is 55. The Morgan fingerprint density at radius 1 is 0.424 bits per heavy atom. The summed E-state index contributed by atoms with van der Waals surface area (Å²) in [7, 11) is 0. The molecule has 2 unspecified atom stereocenters. The highest BCUT2D eigenvalue weighted by molar-refractivity contribution is 5.76. The normalized spacial score (nSPS) is 12.7. The van der Waals surface area contributed by atoms with Crippen LogP contribution in [0.25, 0.3) is 0 Å². The van der Waals surface area contributed by atoms with Gasteiger partial charge in [-0.1, -0.05) is 276 Å². The summed E-state index contributed by atoms with van der Waals surface area (Å²) < 4.78 is 5.47. The van der Waals surface area contributed by atoms with E-state index in [2.05, 4.69) is 43.5 Å². The van der Waals surface area contributed by atoms with E-state index in [4.69, 9.17) is 4.74 Å². The monoisotopic (exact) mass is 930 g/mol. The molecule has 0 aromatic carbocycles. The van der Waals surface area contributed by atoms with Gasteiger partial charge < -0.3 is 20.3 Å². The van der Waals surface area contributed by atoms with Gasteiger partial charge in [-0.15, -0.1) is 0 Å². The van der Waals surface area contributed by atoms with Crippen molar-refractivity contribution < 1.29 is 24.5 Å². The Labute approximate surface area is 411 Å². The second-order valence-electron chi connectivity index (χ2n) is 20.3. The number of ether oxygens (including phenoxy) is 1. The van der Waals surface area contributed by atoms with Crippen LogP contribution in [0.4, 0.5) is 0 Å². The van der Waals surface area contributed by atoms with Gasteiger partial charge in [-0.2, -0.15) is 0 Å². The number of hydrogen-bond donors (Lipinski definition) is 3. The van der Waals surface area contributed by atoms with Gasteiger partial charge in [0, 0.05) is 12.8 Å². The zero-order chi connectivity index (χ0) is 47.9. The van der Waals surface area contributed by atoms with E-state index in [9.17, 15) is 19.8 Å². The number of carbonyl (C=O) groups is 2. The van der Waals surface area contributed by atoms with Gasteiger partial charge in [0.05, 0.1) is 25.4 Å². The quantitative estimate of drug-likeness (QED) is 0.0321. The summed E-state index contributed by atoms with van der Waals surface area (Å²) in [6.45, 7) is 4.93. The number of amides is 1. The maximum Gasteiger partial charge on any atom is 0.305 e. The van der Waals surface area contributed by atoms with Crippen LogP contribution in [-0.4, -0.2) is 47.4 Å². The van der Waals surface area contributed by atoms with Gasteiger partial charge >= 0.3 is 5.97 Å². The lowest BCUT2D eigenvalue weighted by Crippen LogP contribution is -2.45. The summed E-state index contributed by atoms with van der Waals surface area (Å²) in [5.74, 6) is -0.0464. The fourth-order valence-electron chi connectivity index (χ4n) is 9.20. The molecule has 0 saturated heterocycles. The molecule has 6 heteroatoms. The number of aliphatic hydroxyl groups excluding tert-OH is 2. The average molecular weight is 931 g/mol. The standard InChI is InChI=1S/C60H115NO5/c1-3-5-7-9-11-13-15-17-19-24-28-32-36-40-44-48-52-58(63)57(56-62)61-59(64)53-49-45-41-37-33-29-25-22-21-23-27-31-35-39-43-47-51-55-66-60(65)54-50-46-42-38-34-30-26-20-18-16-14-12-10-8-6-4-2/h14,16,20,26,57-58,62-63H,3-13,15,17-19,21-25,27-56H2,1-2H3,(H,61,64)/b16-14-,26-20-. The van der Waals surface area contributed by atoms with Crippen LogP contribution in [0.1, 0.15) is 322 Å². The van der Waals surface area contributed by atoms with E-state index >= 15 is 0 Å². The van der Waals surface area contributed by atoms with Crippen molar-refractivity contribution in [2.45, 2.75) is 334 Å². The van der Waals surface area contributed by atoms with E-state index < -0.39 is 12.1 Å². The lowest BCUT2D eigenvalue weighted by Gasteiger charge is -2.22. The smallest absolute Gasteiger partial charge is 0.305 e. The Morgan fingerprint density at radius 2 is 0.758 bits per heavy atom. The maximum atomic E-state index is 12.5. The third-order valence-electron chi connectivity index (χ3n) is 13.8. The molecule has 0 aliphatic carbocycles. The molecule has 0 spiro atoms. The molecular weight excluding hydrogens is 815 g/mol. The van der Waals surface area contributed by atoms with Gasteiger partial charge in [0.25, 0.3) is 0 Å². The number of unbranched alkanes of at least 4 members (excludes halogenated alkanes) is 40. The van der Waals surface area contributed by atoms with E-state index in [1.807, 2.05) is 0 Å². The van der Waals surface area contributed by atoms with Crippen LogP contribution < -0.4 is 5.32 Å². The van der Waals surface area contributed by atoms with Crippen molar-refractivity contribution in [2.75, 3.05) is 13.2 Å². The summed E-state index contributed by atoms with van der Waals surface area (Å²) in [4.78, 5) is 24.5. The molecule has 390 valence electrons. The first-order valence-corrected chi connectivity index (χ1v) is 29.6. The molecule has 1 amide bonds. The van der Waals surface area contributed by atoms with E-state index in [0.29, 0.717) is 25.9 Å². The number of carbonyl (C=O) groups excluding carboxylic acids is 2. The summed E-state index contributed by atoms with van der Waals surface area (Å²) >= 11 is 0. The van der Waals surface area contributed by atoms with Crippen LogP contribution in [0.2, 0.25) is 0 Å². The van der Waals surface area contributed by atoms with Crippen LogP contribution in [0.5, 0.6) is 0 Å². The molecule has 6 nitrogen and oxygen atoms in total. The highest BCUT2D eigenvalue weighted by Crippen LogP contribution is 2.17. The van der Waals surface area contributed by atoms with Crippen molar-refractivity contribution in [2.24, 2.45) is 0 Å². The van der Waals surface area contributed by atoms with Gasteiger partial charge in [-0.25, -0.2) is 0 Å². The van der Waals surface area contributed by atoms with E-state index in [0.717, 1.165) is 51.4 Å². The minimum Gasteiger partial charge on any atom is -0.466 e. The summed E-state index contributed by atoms with van der Waals surface area (Å²) in [6, 6.07) is -0.546. The molecule has 3 N–H and O–H groups in total. The van der Waals surface area contributed by atoms with E-state index in [1.54, 1.807) is 0 Å². The minimum atomic E-state index is -0.668. The van der Waals surface area contributed by atoms with Crippen molar-refractivity contribution in [1.82, 2.24) is 5.32 Å². The molecule has 0 saturated carbocycles. The average Bonchev–Trinajstić information content (AvgIpc) is 3.32. The molecule has 0 radical (unpaired) electrons. The third-order valence-corrected chi connectivity index (χ3v) is 13.8. The predicted molar refractivity (Wildman–Crippen MR) is 287 cm³/mol. The fraction of sp³-hybridized carbons (Fsp3) is 0.900. The van der Waals surface area contributed by atoms with Crippen molar-refractivity contribution in [1.29, 1.82) is 0 Å². The first-order chi connectivity index (χ1) is 32.5. The SMILES string of the molecule is CCCCCC/C=C\C/C=C\CCCCCCCC(=O)OCCCCCCCCCCCCCCCCCCCC(=O)NC(CO)C(O)CCCCCCCCCCCCCCCCCC. The molecule has 0 aromatic heterocycles. The number of esters is 1. The van der Waals surface area contributed by atoms with Crippen LogP contribution in [-0.2, 0) is 14.3 Å². The van der Waals surface area contributed by atoms with Crippen LogP contribution in [0.15, 0.2) is 24.3 Å². The number of aliphatic hydroxyl groups is 2. The molecular formula is C60H115NO5. The number of hydrogen-bond acceptors (Lipinski definition) is 5. The highest BCUT2D eigenvalue weighted by Gasteiger charge is 2.20. The Morgan fingerprint density at radius 3 is 1.17 bits per heavy atom. The molecule has 0 aliphatic heterocycles. The lowest BCUT2D eigenvalue weighted by atomic mass is 10.0. The van der Waals surface area contributed by atoms with Crippen LogP contribution >= 0.6 is 0 Å². The van der Waals surface area contributed by atoms with Gasteiger partial charge in [0.1, 0.15) is 0 Å². The van der Waals surface area contributed by atoms with Gasteiger partial charge in [-0.05, 0) is 57.8 Å². The Hall–Kier alpha value is -1.66. The molecule has 2 atom stereocenters. The Kier molecular flexibility index (Phi) is 54.5. The second kappa shape index (κ2) is 55.9. The summed E-state index contributed by atoms with van der Waals surface area (Å²) in [5, 5.41) is 23.3. The summed E-state index contributed by atoms with van der Waals surface area (Å²) in [5.41, 5.74) is 0. The zero-order valence-corrected chi connectivity index (χ0v) is 44.4. The lowest BCUT2D eigenvalue weighted by molar-refractivity contribution is -0.143. The van der Waals surface area contributed by atoms with Gasteiger partial charge in [0.2, 0.25) is 5.91 Å². The van der Waals surface area contributed by atoms with Crippen molar-refractivity contribution >= 4 is 11.9 Å². The van der Waals surface area contributed by atoms with Crippen molar-refractivity contribution in [3.63, 3.8) is 0 Å². The molecule has 0 fully saturated rings. The molecule has 0 heterocycles. The number of allylic oxidation sites excluding steroid dienone is 4.